The van der Waals surface area contributed by atoms with Gasteiger partial charge in [0.1, 0.15) is 12.2 Å². The van der Waals surface area contributed by atoms with Crippen LogP contribution in [0.3, 0.4) is 0 Å². The quantitative estimate of drug-likeness (QED) is 0.772. The molecule has 3 aliphatic rings. The first-order chi connectivity index (χ1) is 14.8. The van der Waals surface area contributed by atoms with E-state index in [1.165, 1.54) is 6.42 Å². The number of hydrogen-bond donors (Lipinski definition) is 1. The van der Waals surface area contributed by atoms with E-state index in [-0.39, 0.29) is 24.2 Å². The van der Waals surface area contributed by atoms with E-state index in [9.17, 15) is 18.0 Å². The lowest BCUT2D eigenvalue weighted by atomic mass is 9.97. The number of carbonyl (C=O) groups is 2. The van der Waals surface area contributed by atoms with E-state index >= 15 is 0 Å². The molecule has 7 nitrogen and oxygen atoms in total. The van der Waals surface area contributed by atoms with E-state index in [2.05, 4.69) is 11.1 Å². The van der Waals surface area contributed by atoms with Gasteiger partial charge in [0.2, 0.25) is 11.8 Å². The summed E-state index contributed by atoms with van der Waals surface area (Å²) in [5.74, 6) is -1.91. The highest BCUT2D eigenvalue weighted by molar-refractivity contribution is 5.93. The van der Waals surface area contributed by atoms with Crippen molar-refractivity contribution in [2.45, 2.75) is 63.0 Å². The van der Waals surface area contributed by atoms with Gasteiger partial charge in [-0.25, -0.2) is 9.78 Å². The van der Waals surface area contributed by atoms with Crippen molar-refractivity contribution in [2.24, 2.45) is 0 Å². The number of carboxylic acid groups (broad SMARTS) is 1. The Balaban J connectivity index is 0.000000339. The number of rotatable bonds is 3. The minimum atomic E-state index is -5.08. The Morgan fingerprint density at radius 2 is 2.00 bits per heavy atom. The van der Waals surface area contributed by atoms with Gasteiger partial charge in [-0.05, 0) is 44.6 Å². The smallest absolute Gasteiger partial charge is 0.475 e. The fourth-order valence-corrected chi connectivity index (χ4v) is 4.08. The van der Waals surface area contributed by atoms with Crippen LogP contribution in [0.2, 0.25) is 0 Å². The molecule has 31 heavy (non-hydrogen) atoms. The lowest BCUT2D eigenvalue weighted by molar-refractivity contribution is -0.192. The van der Waals surface area contributed by atoms with Crippen LogP contribution in [0, 0.1) is 0 Å². The number of aromatic nitrogens is 1. The summed E-state index contributed by atoms with van der Waals surface area (Å²) < 4.78 is 43.8. The summed E-state index contributed by atoms with van der Waals surface area (Å²) in [5.41, 5.74) is 0.996. The Morgan fingerprint density at radius 1 is 1.23 bits per heavy atom. The van der Waals surface area contributed by atoms with Crippen molar-refractivity contribution in [1.82, 2.24) is 9.88 Å². The second-order valence-corrected chi connectivity index (χ2v) is 7.58. The maximum absolute atomic E-state index is 12.9. The maximum Gasteiger partial charge on any atom is 0.490 e. The Labute approximate surface area is 177 Å². The highest BCUT2D eigenvalue weighted by atomic mass is 19.4. The highest BCUT2D eigenvalue weighted by Crippen LogP contribution is 2.34. The molecule has 170 valence electrons. The number of halogens is 3. The van der Waals surface area contributed by atoms with Crippen LogP contribution in [0.15, 0.2) is 36.0 Å². The molecule has 4 rings (SSSR count). The van der Waals surface area contributed by atoms with Crippen molar-refractivity contribution in [2.75, 3.05) is 13.2 Å². The van der Waals surface area contributed by atoms with Crippen LogP contribution in [-0.2, 0) is 14.3 Å². The van der Waals surface area contributed by atoms with Crippen molar-refractivity contribution in [1.29, 1.82) is 0 Å². The number of nitrogens with zero attached hydrogens (tertiary/aromatic N) is 2. The summed E-state index contributed by atoms with van der Waals surface area (Å²) in [6.45, 7) is 1.27. The molecule has 2 fully saturated rings. The summed E-state index contributed by atoms with van der Waals surface area (Å²) in [4.78, 5) is 28.1. The molecule has 10 heteroatoms. The fourth-order valence-electron chi connectivity index (χ4n) is 4.08. The third-order valence-electron chi connectivity index (χ3n) is 5.51. The molecule has 2 heterocycles. The number of alkyl halides is 3. The molecular weight excluding hydrogens is 417 g/mol. The molecule has 3 atom stereocenters. The molecule has 1 saturated carbocycles. The number of hydrogen-bond acceptors (Lipinski definition) is 5. The van der Waals surface area contributed by atoms with Crippen molar-refractivity contribution >= 4 is 11.9 Å². The lowest BCUT2D eigenvalue weighted by Crippen LogP contribution is -2.54. The molecule has 0 unspecified atom stereocenters. The zero-order valence-corrected chi connectivity index (χ0v) is 16.9. The van der Waals surface area contributed by atoms with E-state index in [1.807, 2.05) is 23.1 Å². The van der Waals surface area contributed by atoms with Gasteiger partial charge in [-0.3, -0.25) is 4.79 Å². The second kappa shape index (κ2) is 10.1. The Kier molecular flexibility index (Phi) is 7.53. The normalized spacial score (nSPS) is 25.6. The van der Waals surface area contributed by atoms with Gasteiger partial charge in [-0.1, -0.05) is 12.1 Å². The SMILES string of the molecule is O=C(C1=CCCCC1)N1CCO[C@H]2[C@H](Oc3ccccn3)CC[C@@H]21.O=C(O)C(F)(F)F. The molecule has 1 aliphatic heterocycles. The average molecular weight is 442 g/mol. The van der Waals surface area contributed by atoms with Gasteiger partial charge in [-0.2, -0.15) is 13.2 Å². The number of fused-ring (bicyclic) bond motifs is 1. The van der Waals surface area contributed by atoms with Crippen LogP contribution in [-0.4, -0.2) is 64.4 Å². The summed E-state index contributed by atoms with van der Waals surface area (Å²) in [6, 6.07) is 5.79. The zero-order chi connectivity index (χ0) is 22.4. The molecule has 0 aromatic carbocycles. The number of ether oxygens (including phenoxy) is 2. The van der Waals surface area contributed by atoms with Gasteiger partial charge in [0, 0.05) is 24.4 Å². The molecule has 1 N–H and O–H groups in total. The minimum Gasteiger partial charge on any atom is -0.475 e. The van der Waals surface area contributed by atoms with Gasteiger partial charge in [0.25, 0.3) is 0 Å². The summed E-state index contributed by atoms with van der Waals surface area (Å²) >= 11 is 0. The van der Waals surface area contributed by atoms with Gasteiger partial charge in [-0.15, -0.1) is 0 Å². The summed E-state index contributed by atoms with van der Waals surface area (Å²) in [7, 11) is 0. The Morgan fingerprint density at radius 3 is 2.61 bits per heavy atom. The minimum absolute atomic E-state index is 0.0270. The van der Waals surface area contributed by atoms with Crippen LogP contribution < -0.4 is 4.74 Å². The first-order valence-corrected chi connectivity index (χ1v) is 10.3. The molecule has 2 aliphatic carbocycles. The number of morpholine rings is 1. The molecule has 0 spiro atoms. The summed E-state index contributed by atoms with van der Waals surface area (Å²) in [5, 5.41) is 7.12. The van der Waals surface area contributed by atoms with E-state index in [4.69, 9.17) is 19.4 Å². The van der Waals surface area contributed by atoms with Crippen LogP contribution >= 0.6 is 0 Å². The molecular formula is C21H25F3N2O5. The predicted octanol–water partition coefficient (Wildman–Crippen LogP) is 3.35. The first kappa shape index (κ1) is 23.1. The first-order valence-electron chi connectivity index (χ1n) is 10.3. The molecule has 1 aromatic heterocycles. The third kappa shape index (κ3) is 5.96. The van der Waals surface area contributed by atoms with E-state index in [0.717, 1.165) is 37.7 Å². The van der Waals surface area contributed by atoms with Gasteiger partial charge >= 0.3 is 12.1 Å². The van der Waals surface area contributed by atoms with E-state index in [1.54, 1.807) is 6.20 Å². The second-order valence-electron chi connectivity index (χ2n) is 7.58. The van der Waals surface area contributed by atoms with Gasteiger partial charge in [0.05, 0.1) is 12.6 Å². The Bertz CT molecular complexity index is 800. The Hall–Kier alpha value is -2.62. The number of allylic oxidation sites excluding steroid dienone is 1. The number of carboxylic acids is 1. The average Bonchev–Trinajstić information content (AvgIpc) is 3.17. The zero-order valence-electron chi connectivity index (χ0n) is 16.9. The molecule has 1 aromatic rings. The summed E-state index contributed by atoms with van der Waals surface area (Å²) in [6.07, 6.45) is 4.81. The molecule has 1 amide bonds. The van der Waals surface area contributed by atoms with Crippen molar-refractivity contribution in [3.8, 4) is 5.88 Å². The van der Waals surface area contributed by atoms with E-state index in [0.29, 0.717) is 19.0 Å². The molecule has 0 radical (unpaired) electrons. The monoisotopic (exact) mass is 442 g/mol. The number of carbonyl (C=O) groups excluding carboxylic acids is 1. The van der Waals surface area contributed by atoms with Crippen molar-refractivity contribution in [3.05, 3.63) is 36.0 Å². The van der Waals surface area contributed by atoms with Gasteiger partial charge < -0.3 is 19.5 Å². The van der Waals surface area contributed by atoms with Crippen molar-refractivity contribution in [3.63, 3.8) is 0 Å². The van der Waals surface area contributed by atoms with Crippen LogP contribution in [0.25, 0.3) is 0 Å². The van der Waals surface area contributed by atoms with Crippen LogP contribution in [0.4, 0.5) is 13.2 Å². The predicted molar refractivity (Wildman–Crippen MR) is 103 cm³/mol. The topological polar surface area (TPSA) is 89.0 Å². The highest BCUT2D eigenvalue weighted by Gasteiger charge is 2.46. The molecule has 0 bridgehead atoms. The number of aliphatic carboxylic acids is 1. The van der Waals surface area contributed by atoms with Crippen LogP contribution in [0.5, 0.6) is 5.88 Å². The van der Waals surface area contributed by atoms with Gasteiger partial charge in [0.15, 0.2) is 0 Å². The lowest BCUT2D eigenvalue weighted by Gasteiger charge is -2.39. The standard InChI is InChI=1S/C19H24N2O3.C2HF3O2/c22-19(14-6-2-1-3-7-14)21-12-13-23-18-15(21)9-10-16(18)24-17-8-4-5-11-20-17;3-2(4,5)1(6)7/h4-6,8,11,15-16,18H,1-3,7,9-10,12-13H2;(H,6,7)/t15-,16+,18+;/m0./s1. The van der Waals surface area contributed by atoms with Crippen molar-refractivity contribution < 1.29 is 37.3 Å². The van der Waals surface area contributed by atoms with Crippen LogP contribution in [0.1, 0.15) is 38.5 Å². The maximum atomic E-state index is 12.9. The largest absolute Gasteiger partial charge is 0.490 e. The number of pyridine rings is 1. The van der Waals surface area contributed by atoms with E-state index < -0.39 is 12.1 Å². The molecule has 1 saturated heterocycles. The third-order valence-corrected chi connectivity index (χ3v) is 5.51. The fraction of sp³-hybridized carbons (Fsp3) is 0.571. The number of amides is 1.